The van der Waals surface area contributed by atoms with Gasteiger partial charge in [-0.15, -0.1) is 0 Å². The number of halogens is 4. The molecule has 1 heterocycles. The van der Waals surface area contributed by atoms with Gasteiger partial charge in [0, 0.05) is 24.6 Å². The number of nitrogens with zero attached hydrogens (tertiary/aromatic N) is 1. The van der Waals surface area contributed by atoms with E-state index in [0.717, 1.165) is 23.4 Å². The summed E-state index contributed by atoms with van der Waals surface area (Å²) in [5, 5.41) is 0. The SMILES string of the molecule is COc1cc2c(cc1N1CCOCC1)CC(Cc1cc(C(F)(F)F)ccc1F)C2=O. The number of ketones is 1. The van der Waals surface area contributed by atoms with E-state index in [4.69, 9.17) is 9.47 Å². The van der Waals surface area contributed by atoms with Crippen LogP contribution < -0.4 is 9.64 Å². The third-order valence-electron chi connectivity index (χ3n) is 5.70. The van der Waals surface area contributed by atoms with Crippen LogP contribution in [-0.4, -0.2) is 39.2 Å². The average Bonchev–Trinajstić information content (AvgIpc) is 3.03. The van der Waals surface area contributed by atoms with E-state index in [1.165, 1.54) is 7.11 Å². The quantitative estimate of drug-likeness (QED) is 0.688. The molecule has 0 spiro atoms. The zero-order chi connectivity index (χ0) is 21.5. The lowest BCUT2D eigenvalue weighted by molar-refractivity contribution is -0.137. The molecule has 1 unspecified atom stereocenters. The van der Waals surface area contributed by atoms with Gasteiger partial charge in [0.25, 0.3) is 0 Å². The molecule has 4 nitrogen and oxygen atoms in total. The van der Waals surface area contributed by atoms with Gasteiger partial charge < -0.3 is 14.4 Å². The zero-order valence-electron chi connectivity index (χ0n) is 16.4. The normalized spacial score (nSPS) is 19.2. The van der Waals surface area contributed by atoms with Crippen molar-refractivity contribution in [2.24, 2.45) is 5.92 Å². The minimum atomic E-state index is -4.56. The van der Waals surface area contributed by atoms with E-state index in [-0.39, 0.29) is 17.8 Å². The Morgan fingerprint density at radius 2 is 1.90 bits per heavy atom. The molecule has 0 radical (unpaired) electrons. The molecule has 4 rings (SSSR count). The summed E-state index contributed by atoms with van der Waals surface area (Å²) >= 11 is 0. The van der Waals surface area contributed by atoms with E-state index < -0.39 is 23.5 Å². The van der Waals surface area contributed by atoms with Crippen LogP contribution >= 0.6 is 0 Å². The highest BCUT2D eigenvalue weighted by atomic mass is 19.4. The Bertz CT molecular complexity index is 968. The first kappa shape index (κ1) is 20.7. The highest BCUT2D eigenvalue weighted by Crippen LogP contribution is 2.39. The minimum absolute atomic E-state index is 0.0849. The first-order valence-electron chi connectivity index (χ1n) is 9.71. The Morgan fingerprint density at radius 3 is 2.57 bits per heavy atom. The largest absolute Gasteiger partial charge is 0.495 e. The van der Waals surface area contributed by atoms with Crippen LogP contribution in [0.15, 0.2) is 30.3 Å². The van der Waals surface area contributed by atoms with Crippen LogP contribution in [0.5, 0.6) is 5.75 Å². The summed E-state index contributed by atoms with van der Waals surface area (Å²) in [6, 6.07) is 5.91. The molecule has 2 aromatic rings. The molecule has 1 fully saturated rings. The molecule has 1 atom stereocenters. The summed E-state index contributed by atoms with van der Waals surface area (Å²) < 4.78 is 64.0. The molecule has 2 aromatic carbocycles. The third kappa shape index (κ3) is 3.88. The number of rotatable bonds is 4. The van der Waals surface area contributed by atoms with Gasteiger partial charge >= 0.3 is 6.18 Å². The maximum atomic E-state index is 14.2. The first-order chi connectivity index (χ1) is 14.3. The standard InChI is InChI=1S/C22H21F4NO3/c1-29-20-12-17-13(11-19(20)27-4-6-30-7-5-27)8-15(21(17)28)9-14-10-16(22(24,25)26)2-3-18(14)23/h2-3,10-12,15H,4-9H2,1H3. The number of morpholine rings is 1. The lowest BCUT2D eigenvalue weighted by Gasteiger charge is -2.30. The van der Waals surface area contributed by atoms with Crippen LogP contribution in [0.2, 0.25) is 0 Å². The molecule has 2 aliphatic rings. The number of hydrogen-bond acceptors (Lipinski definition) is 4. The van der Waals surface area contributed by atoms with Crippen molar-refractivity contribution in [2.75, 3.05) is 38.3 Å². The van der Waals surface area contributed by atoms with Crippen molar-refractivity contribution >= 4 is 11.5 Å². The maximum Gasteiger partial charge on any atom is 0.416 e. The van der Waals surface area contributed by atoms with Gasteiger partial charge in [0.15, 0.2) is 5.78 Å². The average molecular weight is 423 g/mol. The molecule has 1 saturated heterocycles. The molecule has 30 heavy (non-hydrogen) atoms. The summed E-state index contributed by atoms with van der Waals surface area (Å²) in [5.41, 5.74) is 1.13. The smallest absolute Gasteiger partial charge is 0.416 e. The van der Waals surface area contributed by atoms with Crippen LogP contribution in [0.1, 0.15) is 27.0 Å². The Morgan fingerprint density at radius 1 is 1.17 bits per heavy atom. The Balaban J connectivity index is 1.61. The minimum Gasteiger partial charge on any atom is -0.495 e. The van der Waals surface area contributed by atoms with E-state index in [2.05, 4.69) is 4.90 Å². The summed E-state index contributed by atoms with van der Waals surface area (Å²) in [4.78, 5) is 15.0. The molecule has 0 N–H and O–H groups in total. The lowest BCUT2D eigenvalue weighted by atomic mass is 9.94. The Kier molecular flexibility index (Phi) is 5.44. The topological polar surface area (TPSA) is 38.8 Å². The first-order valence-corrected chi connectivity index (χ1v) is 9.71. The van der Waals surface area contributed by atoms with Gasteiger partial charge in [-0.05, 0) is 54.3 Å². The maximum absolute atomic E-state index is 14.2. The van der Waals surface area contributed by atoms with Gasteiger partial charge in [-0.25, -0.2) is 4.39 Å². The predicted molar refractivity (Wildman–Crippen MR) is 103 cm³/mol. The number of fused-ring (bicyclic) bond motifs is 1. The number of hydrogen-bond donors (Lipinski definition) is 0. The van der Waals surface area contributed by atoms with Crippen molar-refractivity contribution < 1.29 is 31.8 Å². The zero-order valence-corrected chi connectivity index (χ0v) is 16.4. The molecule has 0 aromatic heterocycles. The number of ether oxygens (including phenoxy) is 2. The second-order valence-corrected chi connectivity index (χ2v) is 7.55. The molecule has 1 aliphatic carbocycles. The van der Waals surface area contributed by atoms with Crippen molar-refractivity contribution in [3.63, 3.8) is 0 Å². The Labute approximate surface area is 171 Å². The Hall–Kier alpha value is -2.61. The summed E-state index contributed by atoms with van der Waals surface area (Å²) in [5.74, 6) is -0.982. The number of benzene rings is 2. The number of anilines is 1. The molecule has 0 bridgehead atoms. The molecule has 0 amide bonds. The fraction of sp³-hybridized carbons (Fsp3) is 0.409. The number of carbonyl (C=O) groups excluding carboxylic acids is 1. The van der Waals surface area contributed by atoms with Crippen molar-refractivity contribution in [3.8, 4) is 5.75 Å². The van der Waals surface area contributed by atoms with Crippen molar-refractivity contribution in [2.45, 2.75) is 19.0 Å². The highest BCUT2D eigenvalue weighted by Gasteiger charge is 2.35. The van der Waals surface area contributed by atoms with Crippen molar-refractivity contribution in [1.29, 1.82) is 0 Å². The van der Waals surface area contributed by atoms with Gasteiger partial charge in [-0.2, -0.15) is 13.2 Å². The van der Waals surface area contributed by atoms with Crippen LogP contribution in [0.4, 0.5) is 23.2 Å². The monoisotopic (exact) mass is 423 g/mol. The van der Waals surface area contributed by atoms with Gasteiger partial charge in [0.2, 0.25) is 0 Å². The van der Waals surface area contributed by atoms with E-state index in [9.17, 15) is 22.4 Å². The van der Waals surface area contributed by atoms with E-state index in [1.54, 1.807) is 6.07 Å². The van der Waals surface area contributed by atoms with E-state index >= 15 is 0 Å². The van der Waals surface area contributed by atoms with Gasteiger partial charge in [-0.1, -0.05) is 0 Å². The van der Waals surface area contributed by atoms with Crippen LogP contribution in [-0.2, 0) is 23.8 Å². The fourth-order valence-electron chi connectivity index (χ4n) is 4.14. The van der Waals surface area contributed by atoms with E-state index in [1.807, 2.05) is 6.07 Å². The van der Waals surface area contributed by atoms with Gasteiger partial charge in [0.1, 0.15) is 11.6 Å². The third-order valence-corrected chi connectivity index (χ3v) is 5.70. The van der Waals surface area contributed by atoms with Crippen LogP contribution in [0.25, 0.3) is 0 Å². The van der Waals surface area contributed by atoms with Gasteiger partial charge in [-0.3, -0.25) is 4.79 Å². The second kappa shape index (κ2) is 7.91. The number of Topliss-reactive ketones (excluding diaryl/α,β-unsaturated/α-hetero) is 1. The lowest BCUT2D eigenvalue weighted by Crippen LogP contribution is -2.36. The molecule has 0 saturated carbocycles. The number of methoxy groups -OCH3 is 1. The number of carbonyl (C=O) groups is 1. The predicted octanol–water partition coefficient (Wildman–Crippen LogP) is 4.29. The van der Waals surface area contributed by atoms with Crippen LogP contribution in [0, 0.1) is 11.7 Å². The molecule has 1 aliphatic heterocycles. The highest BCUT2D eigenvalue weighted by molar-refractivity contribution is 6.03. The van der Waals surface area contributed by atoms with Crippen molar-refractivity contribution in [3.05, 3.63) is 58.4 Å². The summed E-state index contributed by atoms with van der Waals surface area (Å²) in [6.07, 6.45) is -4.30. The second-order valence-electron chi connectivity index (χ2n) is 7.55. The number of alkyl halides is 3. The molecular weight excluding hydrogens is 402 g/mol. The van der Waals surface area contributed by atoms with E-state index in [0.29, 0.717) is 50.1 Å². The van der Waals surface area contributed by atoms with Crippen LogP contribution in [0.3, 0.4) is 0 Å². The van der Waals surface area contributed by atoms with Gasteiger partial charge in [0.05, 0.1) is 31.6 Å². The molecule has 160 valence electrons. The molecule has 8 heteroatoms. The van der Waals surface area contributed by atoms with Crippen molar-refractivity contribution in [1.82, 2.24) is 0 Å². The summed E-state index contributed by atoms with van der Waals surface area (Å²) in [7, 11) is 1.53. The fourth-order valence-corrected chi connectivity index (χ4v) is 4.14. The molecular formula is C22H21F4NO3. The summed E-state index contributed by atoms with van der Waals surface area (Å²) in [6.45, 7) is 2.58.